The van der Waals surface area contributed by atoms with Gasteiger partial charge in [0.2, 0.25) is 0 Å². The summed E-state index contributed by atoms with van der Waals surface area (Å²) < 4.78 is 0. The molecule has 3 heteroatoms. The Morgan fingerprint density at radius 2 is 1.57 bits per heavy atom. The van der Waals surface area contributed by atoms with E-state index in [9.17, 15) is 0 Å². The van der Waals surface area contributed by atoms with Gasteiger partial charge in [-0.2, -0.15) is 0 Å². The second-order valence-corrected chi connectivity index (χ2v) is 6.84. The van der Waals surface area contributed by atoms with Crippen molar-refractivity contribution in [1.82, 2.24) is 9.80 Å². The second-order valence-electron chi connectivity index (χ2n) is 6.84. The molecule has 0 spiro atoms. The molecule has 0 radical (unpaired) electrons. The minimum absolute atomic E-state index is 0.166. The van der Waals surface area contributed by atoms with Crippen LogP contribution < -0.4 is 5.73 Å². The largest absolute Gasteiger partial charge is 0.324 e. The number of hydrogen-bond acceptors (Lipinski definition) is 3. The number of hydrogen-bond donors (Lipinski definition) is 1. The van der Waals surface area contributed by atoms with Gasteiger partial charge in [-0.1, -0.05) is 43.7 Å². The molecule has 1 aliphatic heterocycles. The van der Waals surface area contributed by atoms with Gasteiger partial charge in [-0.25, -0.2) is 0 Å². The van der Waals surface area contributed by atoms with Crippen LogP contribution in [0.25, 0.3) is 0 Å². The summed E-state index contributed by atoms with van der Waals surface area (Å²) in [7, 11) is 0. The smallest absolute Gasteiger partial charge is 0.0307 e. The molecule has 2 N–H and O–H groups in total. The summed E-state index contributed by atoms with van der Waals surface area (Å²) in [5, 5.41) is 0. The first kappa shape index (κ1) is 16.5. The highest BCUT2D eigenvalue weighted by Crippen LogP contribution is 2.16. The topological polar surface area (TPSA) is 32.5 Å². The lowest BCUT2D eigenvalue weighted by Gasteiger charge is -2.35. The molecule has 0 aliphatic carbocycles. The van der Waals surface area contributed by atoms with Crippen LogP contribution in [0.3, 0.4) is 0 Å². The first-order valence-corrected chi connectivity index (χ1v) is 8.31. The van der Waals surface area contributed by atoms with E-state index in [4.69, 9.17) is 5.73 Å². The molecule has 1 saturated heterocycles. The molecule has 1 atom stereocenters. The van der Waals surface area contributed by atoms with E-state index in [1.54, 1.807) is 0 Å². The summed E-state index contributed by atoms with van der Waals surface area (Å²) in [5.41, 5.74) is 8.88. The highest BCUT2D eigenvalue weighted by molar-refractivity contribution is 5.23. The van der Waals surface area contributed by atoms with Crippen LogP contribution in [0.5, 0.6) is 0 Å². The van der Waals surface area contributed by atoms with Crippen molar-refractivity contribution in [3.05, 3.63) is 35.4 Å². The Morgan fingerprint density at radius 3 is 2.14 bits per heavy atom. The van der Waals surface area contributed by atoms with Gasteiger partial charge >= 0.3 is 0 Å². The molecule has 2 rings (SSSR count). The Morgan fingerprint density at radius 1 is 1.00 bits per heavy atom. The van der Waals surface area contributed by atoms with E-state index in [1.165, 1.54) is 43.9 Å². The molecule has 1 heterocycles. The molecule has 1 aromatic rings. The van der Waals surface area contributed by atoms with Gasteiger partial charge < -0.3 is 15.5 Å². The van der Waals surface area contributed by atoms with Crippen LogP contribution in [0.1, 0.15) is 37.4 Å². The maximum absolute atomic E-state index is 6.32. The van der Waals surface area contributed by atoms with Gasteiger partial charge in [0, 0.05) is 45.3 Å². The normalized spacial score (nSPS) is 19.1. The number of benzene rings is 1. The van der Waals surface area contributed by atoms with E-state index in [0.29, 0.717) is 0 Å². The van der Waals surface area contributed by atoms with E-state index >= 15 is 0 Å². The number of piperazine rings is 1. The van der Waals surface area contributed by atoms with Crippen LogP contribution >= 0.6 is 0 Å². The minimum Gasteiger partial charge on any atom is -0.324 e. The Bertz CT molecular complexity index is 405. The summed E-state index contributed by atoms with van der Waals surface area (Å²) >= 11 is 0. The molecule has 1 aliphatic rings. The minimum atomic E-state index is 0.166. The summed E-state index contributed by atoms with van der Waals surface area (Å²) in [6.45, 7) is 13.9. The summed E-state index contributed by atoms with van der Waals surface area (Å²) in [4.78, 5) is 5.14. The highest BCUT2D eigenvalue weighted by Gasteiger charge is 2.18. The number of nitrogens with zero attached hydrogens (tertiary/aromatic N) is 2. The van der Waals surface area contributed by atoms with Crippen molar-refractivity contribution in [3.63, 3.8) is 0 Å². The van der Waals surface area contributed by atoms with Crippen LogP contribution in [0, 0.1) is 12.8 Å². The predicted molar refractivity (Wildman–Crippen MR) is 90.4 cm³/mol. The van der Waals surface area contributed by atoms with Gasteiger partial charge in [0.15, 0.2) is 0 Å². The first-order valence-electron chi connectivity index (χ1n) is 8.31. The number of rotatable bonds is 6. The molecule has 0 bridgehead atoms. The van der Waals surface area contributed by atoms with Crippen LogP contribution in [-0.2, 0) is 0 Å². The van der Waals surface area contributed by atoms with Crippen molar-refractivity contribution < 1.29 is 0 Å². The summed E-state index contributed by atoms with van der Waals surface area (Å²) in [6.07, 6.45) is 1.05. The van der Waals surface area contributed by atoms with E-state index in [1.807, 2.05) is 0 Å². The molecule has 3 nitrogen and oxygen atoms in total. The molecule has 21 heavy (non-hydrogen) atoms. The summed E-state index contributed by atoms with van der Waals surface area (Å²) in [6, 6.07) is 8.81. The van der Waals surface area contributed by atoms with E-state index in [-0.39, 0.29) is 6.04 Å². The SMILES string of the molecule is Cc1ccc(C(N)CCN2CCN(CC(C)C)CC2)cc1. The molecule has 0 saturated carbocycles. The van der Waals surface area contributed by atoms with Gasteiger partial charge in [-0.15, -0.1) is 0 Å². The first-order chi connectivity index (χ1) is 10.0. The maximum atomic E-state index is 6.32. The van der Waals surface area contributed by atoms with Crippen molar-refractivity contribution in [2.24, 2.45) is 11.7 Å². The average Bonchev–Trinajstić information content (AvgIpc) is 2.46. The monoisotopic (exact) mass is 289 g/mol. The fraction of sp³-hybridized carbons (Fsp3) is 0.667. The lowest BCUT2D eigenvalue weighted by Crippen LogP contribution is -2.47. The fourth-order valence-electron chi connectivity index (χ4n) is 3.01. The zero-order chi connectivity index (χ0) is 15.2. The van der Waals surface area contributed by atoms with Gasteiger partial charge in [-0.05, 0) is 24.8 Å². The number of nitrogens with two attached hydrogens (primary N) is 1. The standard InChI is InChI=1S/C18H31N3/c1-15(2)14-21-12-10-20(11-13-21)9-8-18(19)17-6-4-16(3)5-7-17/h4-7,15,18H,8-14,19H2,1-3H3. The van der Waals surface area contributed by atoms with Crippen LogP contribution in [0.4, 0.5) is 0 Å². The van der Waals surface area contributed by atoms with Crippen LogP contribution in [-0.4, -0.2) is 49.1 Å². The van der Waals surface area contributed by atoms with Gasteiger partial charge in [0.1, 0.15) is 0 Å². The zero-order valence-corrected chi connectivity index (χ0v) is 13.9. The molecule has 118 valence electrons. The molecule has 1 aromatic carbocycles. The van der Waals surface area contributed by atoms with Crippen molar-refractivity contribution in [2.75, 3.05) is 39.3 Å². The average molecular weight is 289 g/mol. The lowest BCUT2D eigenvalue weighted by molar-refractivity contribution is 0.120. The van der Waals surface area contributed by atoms with E-state index in [2.05, 4.69) is 54.8 Å². The lowest BCUT2D eigenvalue weighted by atomic mass is 10.0. The van der Waals surface area contributed by atoms with Crippen molar-refractivity contribution >= 4 is 0 Å². The van der Waals surface area contributed by atoms with Crippen LogP contribution in [0.15, 0.2) is 24.3 Å². The molecule has 0 amide bonds. The predicted octanol–water partition coefficient (Wildman–Crippen LogP) is 2.66. The van der Waals surface area contributed by atoms with Crippen molar-refractivity contribution in [2.45, 2.75) is 33.2 Å². The zero-order valence-electron chi connectivity index (χ0n) is 13.9. The Hall–Kier alpha value is -0.900. The molecule has 1 fully saturated rings. The quantitative estimate of drug-likeness (QED) is 0.874. The van der Waals surface area contributed by atoms with Gasteiger partial charge in [-0.3, -0.25) is 0 Å². The Balaban J connectivity index is 1.70. The third-order valence-corrected chi connectivity index (χ3v) is 4.35. The third-order valence-electron chi connectivity index (χ3n) is 4.35. The van der Waals surface area contributed by atoms with Gasteiger partial charge in [0.05, 0.1) is 0 Å². The van der Waals surface area contributed by atoms with Crippen LogP contribution in [0.2, 0.25) is 0 Å². The van der Waals surface area contributed by atoms with E-state index in [0.717, 1.165) is 18.9 Å². The van der Waals surface area contributed by atoms with Crippen molar-refractivity contribution in [1.29, 1.82) is 0 Å². The maximum Gasteiger partial charge on any atom is 0.0307 e. The van der Waals surface area contributed by atoms with E-state index < -0.39 is 0 Å². The molecule has 0 aromatic heterocycles. The Kier molecular flexibility index (Phi) is 6.22. The highest BCUT2D eigenvalue weighted by atomic mass is 15.3. The van der Waals surface area contributed by atoms with Gasteiger partial charge in [0.25, 0.3) is 0 Å². The fourth-order valence-corrected chi connectivity index (χ4v) is 3.01. The second kappa shape index (κ2) is 7.92. The molecular formula is C18H31N3. The molecular weight excluding hydrogens is 258 g/mol. The Labute approximate surface area is 130 Å². The van der Waals surface area contributed by atoms with Crippen molar-refractivity contribution in [3.8, 4) is 0 Å². The molecule has 1 unspecified atom stereocenters. The third kappa shape index (κ3) is 5.42. The summed E-state index contributed by atoms with van der Waals surface area (Å²) in [5.74, 6) is 0.770. The number of aryl methyl sites for hydroxylation is 1.